The van der Waals surface area contributed by atoms with Crippen LogP contribution in [0.2, 0.25) is 0 Å². The number of nitrogens with two attached hydrogens (primary N) is 1. The number of carbonyl (C=O) groups excluding carboxylic acids is 1. The van der Waals surface area contributed by atoms with Gasteiger partial charge in [-0.05, 0) is 23.1 Å². The molecule has 1 aromatic rings. The van der Waals surface area contributed by atoms with Gasteiger partial charge in [0.1, 0.15) is 11.8 Å². The smallest absolute Gasteiger partial charge is 0.243 e. The second-order valence-electron chi connectivity index (χ2n) is 5.44. The number of hydrogen-bond acceptors (Lipinski definition) is 4. The van der Waals surface area contributed by atoms with Crippen LogP contribution in [-0.2, 0) is 10.2 Å². The average molecular weight is 266 g/mol. The minimum Gasteiger partial charge on any atom is -0.495 e. The summed E-state index contributed by atoms with van der Waals surface area (Å²) in [5, 5.41) is 11.6. The summed E-state index contributed by atoms with van der Waals surface area (Å²) in [6.07, 6.45) is 0. The lowest BCUT2D eigenvalue weighted by Gasteiger charge is -2.21. The Kier molecular flexibility index (Phi) is 4.91. The number of hydrogen-bond donors (Lipinski definition) is 3. The van der Waals surface area contributed by atoms with Crippen LogP contribution in [0, 0.1) is 0 Å². The second-order valence-corrected chi connectivity index (χ2v) is 5.44. The lowest BCUT2D eigenvalue weighted by atomic mass is 9.87. The van der Waals surface area contributed by atoms with Gasteiger partial charge in [0.15, 0.2) is 0 Å². The highest BCUT2D eigenvalue weighted by Crippen LogP contribution is 2.31. The normalized spacial score (nSPS) is 12.9. The molecule has 1 atom stereocenters. The van der Waals surface area contributed by atoms with Crippen molar-refractivity contribution in [2.75, 3.05) is 19.0 Å². The van der Waals surface area contributed by atoms with Crippen LogP contribution in [0.15, 0.2) is 18.2 Å². The van der Waals surface area contributed by atoms with E-state index in [-0.39, 0.29) is 5.41 Å². The summed E-state index contributed by atoms with van der Waals surface area (Å²) in [5.74, 6) is 0.123. The Hall–Kier alpha value is -1.59. The average Bonchev–Trinajstić information content (AvgIpc) is 2.36. The lowest BCUT2D eigenvalue weighted by molar-refractivity contribution is -0.118. The van der Waals surface area contributed by atoms with Crippen molar-refractivity contribution in [2.45, 2.75) is 32.2 Å². The molecule has 0 aliphatic rings. The number of amides is 1. The van der Waals surface area contributed by atoms with Crippen LogP contribution in [0.25, 0.3) is 0 Å². The molecule has 1 aromatic carbocycles. The van der Waals surface area contributed by atoms with E-state index >= 15 is 0 Å². The Bertz CT molecular complexity index is 452. The molecule has 0 heterocycles. The second kappa shape index (κ2) is 6.04. The van der Waals surface area contributed by atoms with Crippen LogP contribution < -0.4 is 15.8 Å². The van der Waals surface area contributed by atoms with Gasteiger partial charge in [0.05, 0.1) is 19.4 Å². The third-order valence-electron chi connectivity index (χ3n) is 2.86. The van der Waals surface area contributed by atoms with Gasteiger partial charge in [-0.2, -0.15) is 0 Å². The van der Waals surface area contributed by atoms with Gasteiger partial charge in [0, 0.05) is 0 Å². The molecule has 5 heteroatoms. The van der Waals surface area contributed by atoms with Crippen molar-refractivity contribution in [1.29, 1.82) is 0 Å². The van der Waals surface area contributed by atoms with Gasteiger partial charge in [-0.25, -0.2) is 0 Å². The summed E-state index contributed by atoms with van der Waals surface area (Å²) in [7, 11) is 1.54. The van der Waals surface area contributed by atoms with Gasteiger partial charge in [-0.15, -0.1) is 0 Å². The molecule has 0 aromatic heterocycles. The molecule has 0 aliphatic heterocycles. The number of ether oxygens (including phenoxy) is 1. The van der Waals surface area contributed by atoms with E-state index in [1.165, 1.54) is 7.11 Å². The van der Waals surface area contributed by atoms with E-state index < -0.39 is 18.6 Å². The Labute approximate surface area is 113 Å². The number of benzene rings is 1. The van der Waals surface area contributed by atoms with Crippen molar-refractivity contribution >= 4 is 11.6 Å². The van der Waals surface area contributed by atoms with E-state index in [0.717, 1.165) is 5.56 Å². The topological polar surface area (TPSA) is 84.6 Å². The SMILES string of the molecule is COc1ccc(C(C)(C)C)cc1NC(=O)C(N)CO. The number of aliphatic hydroxyl groups is 1. The first-order chi connectivity index (χ1) is 8.79. The Balaban J connectivity index is 3.07. The van der Waals surface area contributed by atoms with Crippen molar-refractivity contribution in [3.8, 4) is 5.75 Å². The minimum absolute atomic E-state index is 0.0369. The van der Waals surface area contributed by atoms with Gasteiger partial charge >= 0.3 is 0 Å². The van der Waals surface area contributed by atoms with E-state index in [1.54, 1.807) is 6.07 Å². The maximum Gasteiger partial charge on any atom is 0.243 e. The first-order valence-corrected chi connectivity index (χ1v) is 6.15. The van der Waals surface area contributed by atoms with E-state index in [2.05, 4.69) is 26.1 Å². The van der Waals surface area contributed by atoms with Crippen molar-refractivity contribution in [3.63, 3.8) is 0 Å². The van der Waals surface area contributed by atoms with Crippen molar-refractivity contribution in [2.24, 2.45) is 5.73 Å². The molecule has 106 valence electrons. The lowest BCUT2D eigenvalue weighted by Crippen LogP contribution is -2.38. The van der Waals surface area contributed by atoms with E-state index in [9.17, 15) is 4.79 Å². The molecule has 0 aliphatic carbocycles. The molecule has 0 radical (unpaired) electrons. The van der Waals surface area contributed by atoms with E-state index in [0.29, 0.717) is 11.4 Å². The zero-order valence-corrected chi connectivity index (χ0v) is 11.9. The maximum atomic E-state index is 11.7. The molecule has 1 amide bonds. The molecule has 1 unspecified atom stereocenters. The monoisotopic (exact) mass is 266 g/mol. The van der Waals surface area contributed by atoms with Crippen LogP contribution >= 0.6 is 0 Å². The van der Waals surface area contributed by atoms with Crippen LogP contribution in [0.1, 0.15) is 26.3 Å². The van der Waals surface area contributed by atoms with Crippen LogP contribution in [0.3, 0.4) is 0 Å². The quantitative estimate of drug-likeness (QED) is 0.765. The van der Waals surface area contributed by atoms with Crippen molar-refractivity contribution in [3.05, 3.63) is 23.8 Å². The molecule has 1 rings (SSSR count). The van der Waals surface area contributed by atoms with Crippen molar-refractivity contribution < 1.29 is 14.6 Å². The highest BCUT2D eigenvalue weighted by molar-refractivity contribution is 5.96. The summed E-state index contributed by atoms with van der Waals surface area (Å²) < 4.78 is 5.21. The fourth-order valence-electron chi connectivity index (χ4n) is 1.58. The Morgan fingerprint density at radius 1 is 1.47 bits per heavy atom. The van der Waals surface area contributed by atoms with Crippen LogP contribution in [0.5, 0.6) is 5.75 Å². The number of rotatable bonds is 4. The highest BCUT2D eigenvalue weighted by atomic mass is 16.5. The molecule has 19 heavy (non-hydrogen) atoms. The minimum atomic E-state index is -0.942. The molecule has 5 nitrogen and oxygen atoms in total. The van der Waals surface area contributed by atoms with E-state index in [1.807, 2.05) is 12.1 Å². The number of methoxy groups -OCH3 is 1. The van der Waals surface area contributed by atoms with Crippen molar-refractivity contribution in [1.82, 2.24) is 0 Å². The summed E-state index contributed by atoms with van der Waals surface area (Å²) in [4.78, 5) is 11.7. The van der Waals surface area contributed by atoms with Gasteiger partial charge in [0.25, 0.3) is 0 Å². The molecule has 4 N–H and O–H groups in total. The zero-order chi connectivity index (χ0) is 14.6. The number of carbonyl (C=O) groups is 1. The summed E-state index contributed by atoms with van der Waals surface area (Å²) in [6.45, 7) is 5.85. The van der Waals surface area contributed by atoms with Gasteiger partial charge in [0.2, 0.25) is 5.91 Å². The molecular weight excluding hydrogens is 244 g/mol. The third kappa shape index (κ3) is 3.94. The summed E-state index contributed by atoms with van der Waals surface area (Å²) >= 11 is 0. The molecular formula is C14H22N2O3. The highest BCUT2D eigenvalue weighted by Gasteiger charge is 2.18. The Morgan fingerprint density at radius 2 is 2.11 bits per heavy atom. The molecule has 0 saturated heterocycles. The molecule has 0 bridgehead atoms. The predicted octanol–water partition coefficient (Wildman–Crippen LogP) is 1.25. The van der Waals surface area contributed by atoms with Gasteiger partial charge in [-0.3, -0.25) is 4.79 Å². The number of anilines is 1. The molecule has 0 fully saturated rings. The van der Waals surface area contributed by atoms with Crippen LogP contribution in [-0.4, -0.2) is 30.8 Å². The number of nitrogens with one attached hydrogen (secondary N) is 1. The first-order valence-electron chi connectivity index (χ1n) is 6.15. The predicted molar refractivity (Wildman–Crippen MR) is 75.4 cm³/mol. The fraction of sp³-hybridized carbons (Fsp3) is 0.500. The molecule has 0 spiro atoms. The third-order valence-corrected chi connectivity index (χ3v) is 2.86. The van der Waals surface area contributed by atoms with Gasteiger partial charge < -0.3 is 20.9 Å². The largest absolute Gasteiger partial charge is 0.495 e. The number of aliphatic hydroxyl groups excluding tert-OH is 1. The van der Waals surface area contributed by atoms with Crippen LogP contribution in [0.4, 0.5) is 5.69 Å². The standard InChI is InChI=1S/C14H22N2O3/c1-14(2,3)9-5-6-12(19-4)11(7-9)16-13(18)10(15)8-17/h5-7,10,17H,8,15H2,1-4H3,(H,16,18). The van der Waals surface area contributed by atoms with E-state index in [4.69, 9.17) is 15.6 Å². The first kappa shape index (κ1) is 15.5. The van der Waals surface area contributed by atoms with Gasteiger partial charge in [-0.1, -0.05) is 26.8 Å². The summed E-state index contributed by atoms with van der Waals surface area (Å²) in [6, 6.07) is 4.69. The fourth-order valence-corrected chi connectivity index (χ4v) is 1.58. The Morgan fingerprint density at radius 3 is 2.58 bits per heavy atom. The summed E-state index contributed by atoms with van der Waals surface area (Å²) in [5.41, 5.74) is 7.07. The zero-order valence-electron chi connectivity index (χ0n) is 11.9. The molecule has 0 saturated carbocycles. The maximum absolute atomic E-state index is 11.7.